The summed E-state index contributed by atoms with van der Waals surface area (Å²) in [4.78, 5) is 22.5. The predicted octanol–water partition coefficient (Wildman–Crippen LogP) is 4.96. The Morgan fingerprint density at radius 2 is 1.90 bits per heavy atom. The van der Waals surface area contributed by atoms with Crippen LogP contribution in [0.5, 0.6) is 5.75 Å². The first-order valence-electron chi connectivity index (χ1n) is 8.41. The van der Waals surface area contributed by atoms with Crippen LogP contribution in [-0.4, -0.2) is 27.8 Å². The number of ether oxygens (including phenoxy) is 1. The van der Waals surface area contributed by atoms with E-state index in [4.69, 9.17) is 4.74 Å². The molecule has 2 aromatic carbocycles. The van der Waals surface area contributed by atoms with Gasteiger partial charge in [-0.3, -0.25) is 4.79 Å². The number of hydrogen-bond acceptors (Lipinski definition) is 3. The molecule has 9 heteroatoms. The molecule has 0 fully saturated rings. The van der Waals surface area contributed by atoms with Crippen LogP contribution in [0.1, 0.15) is 21.5 Å². The molecule has 0 bridgehead atoms. The van der Waals surface area contributed by atoms with Gasteiger partial charge in [0, 0.05) is 17.3 Å². The standard InChI is InChI=1S/C20H13F4N3O2/c1-29-15-7-6-13-17(16(15)21)27-19(26-13)14-8-10(9-25-14)18(28)11-4-2-3-5-12(11)20(22,23)24/h2-9,25H,1H3,(H,26,27). The Morgan fingerprint density at radius 3 is 2.62 bits per heavy atom. The fourth-order valence-electron chi connectivity index (χ4n) is 3.06. The highest BCUT2D eigenvalue weighted by molar-refractivity contribution is 6.10. The van der Waals surface area contributed by atoms with Crippen LogP contribution in [0.25, 0.3) is 22.6 Å². The molecule has 0 atom stereocenters. The van der Waals surface area contributed by atoms with Crippen LogP contribution in [0.3, 0.4) is 0 Å². The van der Waals surface area contributed by atoms with Gasteiger partial charge in [-0.25, -0.2) is 9.37 Å². The number of methoxy groups -OCH3 is 1. The van der Waals surface area contributed by atoms with E-state index in [9.17, 15) is 22.4 Å². The van der Waals surface area contributed by atoms with Crippen molar-refractivity contribution in [3.8, 4) is 17.3 Å². The van der Waals surface area contributed by atoms with Gasteiger partial charge in [0.2, 0.25) is 0 Å². The molecule has 0 aliphatic heterocycles. The zero-order valence-electron chi connectivity index (χ0n) is 14.9. The fraction of sp³-hybridized carbons (Fsp3) is 0.100. The van der Waals surface area contributed by atoms with Crippen LogP contribution < -0.4 is 4.74 Å². The van der Waals surface area contributed by atoms with Crippen molar-refractivity contribution in [2.45, 2.75) is 6.18 Å². The second kappa shape index (κ2) is 6.77. The summed E-state index contributed by atoms with van der Waals surface area (Å²) < 4.78 is 58.8. The molecule has 0 aliphatic carbocycles. The van der Waals surface area contributed by atoms with Crippen molar-refractivity contribution in [2.75, 3.05) is 7.11 Å². The van der Waals surface area contributed by atoms with E-state index in [0.717, 1.165) is 12.1 Å². The molecule has 29 heavy (non-hydrogen) atoms. The highest BCUT2D eigenvalue weighted by Crippen LogP contribution is 2.33. The highest BCUT2D eigenvalue weighted by Gasteiger charge is 2.35. The first kappa shape index (κ1) is 18.7. The van der Waals surface area contributed by atoms with Crippen LogP contribution in [0.15, 0.2) is 48.7 Å². The number of benzene rings is 2. The van der Waals surface area contributed by atoms with Gasteiger partial charge in [0.15, 0.2) is 23.2 Å². The molecule has 2 N–H and O–H groups in total. The van der Waals surface area contributed by atoms with Crippen molar-refractivity contribution >= 4 is 16.8 Å². The lowest BCUT2D eigenvalue weighted by molar-refractivity contribution is -0.137. The number of imidazole rings is 1. The van der Waals surface area contributed by atoms with E-state index in [2.05, 4.69) is 15.0 Å². The van der Waals surface area contributed by atoms with Gasteiger partial charge < -0.3 is 14.7 Å². The van der Waals surface area contributed by atoms with Gasteiger partial charge in [-0.15, -0.1) is 0 Å². The zero-order valence-corrected chi connectivity index (χ0v) is 14.9. The Balaban J connectivity index is 1.72. The summed E-state index contributed by atoms with van der Waals surface area (Å²) in [6, 6.07) is 8.93. The largest absolute Gasteiger partial charge is 0.494 e. The van der Waals surface area contributed by atoms with E-state index >= 15 is 0 Å². The molecule has 2 heterocycles. The van der Waals surface area contributed by atoms with Crippen LogP contribution in [0.4, 0.5) is 17.6 Å². The van der Waals surface area contributed by atoms with Gasteiger partial charge >= 0.3 is 6.18 Å². The van der Waals surface area contributed by atoms with Gasteiger partial charge in [0.1, 0.15) is 5.52 Å². The predicted molar refractivity (Wildman–Crippen MR) is 97.3 cm³/mol. The van der Waals surface area contributed by atoms with Gasteiger partial charge in [-0.05, 0) is 24.3 Å². The lowest BCUT2D eigenvalue weighted by atomic mass is 9.99. The summed E-state index contributed by atoms with van der Waals surface area (Å²) in [5, 5.41) is 0. The number of nitrogens with one attached hydrogen (secondary N) is 2. The SMILES string of the molecule is COc1ccc2nc(-c3cc(C(=O)c4ccccc4C(F)(F)F)c[nH]3)[nH]c2c1F. The first-order chi connectivity index (χ1) is 13.8. The first-order valence-corrected chi connectivity index (χ1v) is 8.41. The van der Waals surface area contributed by atoms with Crippen molar-refractivity contribution in [1.82, 2.24) is 15.0 Å². The third-order valence-corrected chi connectivity index (χ3v) is 4.46. The maximum atomic E-state index is 14.3. The van der Waals surface area contributed by atoms with Crippen molar-refractivity contribution in [3.05, 3.63) is 71.2 Å². The Labute approximate surface area is 161 Å². The summed E-state index contributed by atoms with van der Waals surface area (Å²) in [6.45, 7) is 0. The number of alkyl halides is 3. The van der Waals surface area contributed by atoms with E-state index in [1.807, 2.05) is 0 Å². The summed E-state index contributed by atoms with van der Waals surface area (Å²) in [7, 11) is 1.34. The minimum atomic E-state index is -4.65. The quantitative estimate of drug-likeness (QED) is 0.374. The molecular weight excluding hydrogens is 390 g/mol. The summed E-state index contributed by atoms with van der Waals surface area (Å²) in [5.41, 5.74) is -0.661. The third kappa shape index (κ3) is 3.24. The van der Waals surface area contributed by atoms with E-state index in [-0.39, 0.29) is 22.7 Å². The molecule has 0 aliphatic rings. The van der Waals surface area contributed by atoms with E-state index in [1.165, 1.54) is 37.6 Å². The van der Waals surface area contributed by atoms with E-state index in [1.54, 1.807) is 6.07 Å². The number of aromatic nitrogens is 3. The number of ketones is 1. The van der Waals surface area contributed by atoms with E-state index in [0.29, 0.717) is 11.2 Å². The molecule has 0 radical (unpaired) electrons. The molecule has 0 saturated carbocycles. The summed E-state index contributed by atoms with van der Waals surface area (Å²) in [6.07, 6.45) is -3.37. The maximum absolute atomic E-state index is 14.3. The van der Waals surface area contributed by atoms with Crippen LogP contribution in [0.2, 0.25) is 0 Å². The molecule has 4 aromatic rings. The average molecular weight is 403 g/mol. The molecular formula is C20H13F4N3O2. The van der Waals surface area contributed by atoms with Gasteiger partial charge in [0.05, 0.1) is 23.9 Å². The summed E-state index contributed by atoms with van der Waals surface area (Å²) >= 11 is 0. The minimum Gasteiger partial charge on any atom is -0.494 e. The van der Waals surface area contributed by atoms with Crippen LogP contribution in [0, 0.1) is 5.82 Å². The number of carbonyl (C=O) groups excluding carboxylic acids is 1. The summed E-state index contributed by atoms with van der Waals surface area (Å²) in [5.74, 6) is -1.13. The van der Waals surface area contributed by atoms with Gasteiger partial charge in [-0.2, -0.15) is 13.2 Å². The molecule has 5 nitrogen and oxygen atoms in total. The van der Waals surface area contributed by atoms with Crippen molar-refractivity contribution in [1.29, 1.82) is 0 Å². The van der Waals surface area contributed by atoms with Gasteiger partial charge in [0.25, 0.3) is 0 Å². The molecule has 0 spiro atoms. The minimum absolute atomic E-state index is 0.0233. The number of aromatic amines is 2. The molecule has 0 amide bonds. The third-order valence-electron chi connectivity index (χ3n) is 4.46. The lowest BCUT2D eigenvalue weighted by Gasteiger charge is -2.10. The average Bonchev–Trinajstić information content (AvgIpc) is 3.34. The number of H-pyrrole nitrogens is 2. The van der Waals surface area contributed by atoms with Crippen LogP contribution >= 0.6 is 0 Å². The molecule has 2 aromatic heterocycles. The Bertz CT molecular complexity index is 1220. The monoisotopic (exact) mass is 403 g/mol. The van der Waals surface area contributed by atoms with Crippen molar-refractivity contribution in [3.63, 3.8) is 0 Å². The number of rotatable bonds is 4. The number of carbonyl (C=O) groups is 1. The normalized spacial score (nSPS) is 11.8. The van der Waals surface area contributed by atoms with Gasteiger partial charge in [-0.1, -0.05) is 18.2 Å². The Morgan fingerprint density at radius 1 is 1.14 bits per heavy atom. The highest BCUT2D eigenvalue weighted by atomic mass is 19.4. The fourth-order valence-corrected chi connectivity index (χ4v) is 3.06. The van der Waals surface area contributed by atoms with E-state index < -0.39 is 28.9 Å². The second-order valence-electron chi connectivity index (χ2n) is 6.24. The molecule has 4 rings (SSSR count). The molecule has 148 valence electrons. The Hall–Kier alpha value is -3.62. The lowest BCUT2D eigenvalue weighted by Crippen LogP contribution is -2.13. The number of hydrogen-bond donors (Lipinski definition) is 2. The number of halogens is 4. The van der Waals surface area contributed by atoms with Crippen LogP contribution in [-0.2, 0) is 6.18 Å². The number of fused-ring (bicyclic) bond motifs is 1. The zero-order chi connectivity index (χ0) is 20.8. The maximum Gasteiger partial charge on any atom is 0.417 e. The van der Waals surface area contributed by atoms with Crippen molar-refractivity contribution < 1.29 is 27.1 Å². The smallest absolute Gasteiger partial charge is 0.417 e. The Kier molecular flexibility index (Phi) is 4.37. The molecule has 0 unspecified atom stereocenters. The molecule has 0 saturated heterocycles. The number of nitrogens with zero attached hydrogens (tertiary/aromatic N) is 1. The second-order valence-corrected chi connectivity index (χ2v) is 6.24. The van der Waals surface area contributed by atoms with Crippen molar-refractivity contribution in [2.24, 2.45) is 0 Å². The topological polar surface area (TPSA) is 70.8 Å².